The van der Waals surface area contributed by atoms with E-state index in [1.165, 1.54) is 6.92 Å². The smallest absolute Gasteiger partial charge is 0.303 e. The molecule has 2 rings (SSSR count). The fourth-order valence-electron chi connectivity index (χ4n) is 2.31. The van der Waals surface area contributed by atoms with Crippen LogP contribution in [0, 0.1) is 5.92 Å². The van der Waals surface area contributed by atoms with Crippen molar-refractivity contribution in [2.24, 2.45) is 5.92 Å². The van der Waals surface area contributed by atoms with E-state index in [1.54, 1.807) is 0 Å². The fraction of sp³-hybridized carbons (Fsp3) is 0.417. The molecule has 1 fully saturated rings. The van der Waals surface area contributed by atoms with Crippen molar-refractivity contribution in [3.63, 3.8) is 0 Å². The lowest BCUT2D eigenvalue weighted by Crippen LogP contribution is -2.36. The predicted octanol–water partition coefficient (Wildman–Crippen LogP) is 2.38. The third-order valence-corrected chi connectivity index (χ3v) is 2.93. The number of allylic oxidation sites excluding steroid dienone is 2. The first kappa shape index (κ1) is 9.25. The zero-order valence-electron chi connectivity index (χ0n) is 8.32. The summed E-state index contributed by atoms with van der Waals surface area (Å²) in [4.78, 5) is 11.0. The highest BCUT2D eigenvalue weighted by Crippen LogP contribution is 2.45. The van der Waals surface area contributed by atoms with Crippen molar-refractivity contribution >= 4 is 5.97 Å². The number of carbonyl (C=O) groups excluding carboxylic acids is 1. The van der Waals surface area contributed by atoms with E-state index in [0.717, 1.165) is 18.4 Å². The Morgan fingerprint density at radius 1 is 1.64 bits per heavy atom. The Labute approximate surface area is 83.9 Å². The average molecular weight is 190 g/mol. The van der Waals surface area contributed by atoms with Gasteiger partial charge in [-0.15, -0.1) is 0 Å². The van der Waals surface area contributed by atoms with Gasteiger partial charge in [0.1, 0.15) is 5.60 Å². The van der Waals surface area contributed by atoms with Crippen LogP contribution in [0.1, 0.15) is 19.8 Å². The maximum atomic E-state index is 11.0. The molecule has 2 atom stereocenters. The number of fused-ring (bicyclic) bond motifs is 1. The van der Waals surface area contributed by atoms with Crippen LogP contribution in [0.4, 0.5) is 0 Å². The van der Waals surface area contributed by atoms with Gasteiger partial charge in [0.05, 0.1) is 0 Å². The van der Waals surface area contributed by atoms with Crippen molar-refractivity contribution in [2.75, 3.05) is 0 Å². The molecular weight excluding hydrogens is 176 g/mol. The van der Waals surface area contributed by atoms with Gasteiger partial charge in [-0.2, -0.15) is 0 Å². The van der Waals surface area contributed by atoms with E-state index in [2.05, 4.69) is 12.7 Å². The third-order valence-electron chi connectivity index (χ3n) is 2.93. The molecule has 0 bridgehead atoms. The van der Waals surface area contributed by atoms with E-state index in [9.17, 15) is 4.79 Å². The summed E-state index contributed by atoms with van der Waals surface area (Å²) in [5.74, 6) is -0.0407. The topological polar surface area (TPSA) is 26.3 Å². The third kappa shape index (κ3) is 1.31. The number of hydrogen-bond donors (Lipinski definition) is 0. The molecular formula is C12H14O2. The molecule has 0 unspecified atom stereocenters. The zero-order valence-corrected chi connectivity index (χ0v) is 8.32. The summed E-state index contributed by atoms with van der Waals surface area (Å²) in [7, 11) is 0. The van der Waals surface area contributed by atoms with Crippen LogP contribution < -0.4 is 0 Å². The molecule has 0 saturated heterocycles. The van der Waals surface area contributed by atoms with E-state index >= 15 is 0 Å². The summed E-state index contributed by atoms with van der Waals surface area (Å²) in [5, 5.41) is 0. The number of hydrogen-bond acceptors (Lipinski definition) is 2. The quantitative estimate of drug-likeness (QED) is 0.468. The van der Waals surface area contributed by atoms with E-state index in [1.807, 2.05) is 18.2 Å². The Kier molecular flexibility index (Phi) is 2.06. The lowest BCUT2D eigenvalue weighted by Gasteiger charge is -2.32. The van der Waals surface area contributed by atoms with Crippen LogP contribution in [-0.4, -0.2) is 11.6 Å². The summed E-state index contributed by atoms with van der Waals surface area (Å²) in [6.07, 6.45) is 9.78. The van der Waals surface area contributed by atoms with Crippen molar-refractivity contribution in [1.29, 1.82) is 0 Å². The Hall–Kier alpha value is -1.31. The molecule has 0 aromatic rings. The van der Waals surface area contributed by atoms with Crippen molar-refractivity contribution in [2.45, 2.75) is 25.4 Å². The maximum Gasteiger partial charge on any atom is 0.303 e. The van der Waals surface area contributed by atoms with Gasteiger partial charge in [-0.3, -0.25) is 4.79 Å². The van der Waals surface area contributed by atoms with Crippen LogP contribution in [0.15, 0.2) is 36.5 Å². The fourth-order valence-corrected chi connectivity index (χ4v) is 2.31. The van der Waals surface area contributed by atoms with E-state index in [0.29, 0.717) is 0 Å². The van der Waals surface area contributed by atoms with Gasteiger partial charge in [-0.1, -0.05) is 30.4 Å². The minimum Gasteiger partial charge on any atom is -0.454 e. The molecule has 0 heterocycles. The summed E-state index contributed by atoms with van der Waals surface area (Å²) < 4.78 is 5.44. The van der Waals surface area contributed by atoms with E-state index in [4.69, 9.17) is 4.74 Å². The Morgan fingerprint density at radius 3 is 3.14 bits per heavy atom. The highest BCUT2D eigenvalue weighted by molar-refractivity contribution is 5.67. The van der Waals surface area contributed by atoms with Crippen LogP contribution in [0.5, 0.6) is 0 Å². The van der Waals surface area contributed by atoms with Crippen LogP contribution in [0.25, 0.3) is 0 Å². The van der Waals surface area contributed by atoms with Gasteiger partial charge < -0.3 is 4.74 Å². The van der Waals surface area contributed by atoms with Crippen molar-refractivity contribution in [1.82, 2.24) is 0 Å². The molecule has 0 aliphatic heterocycles. The number of esters is 1. The molecule has 0 aromatic carbocycles. The highest BCUT2D eigenvalue weighted by atomic mass is 16.6. The maximum absolute atomic E-state index is 11.0. The van der Waals surface area contributed by atoms with Gasteiger partial charge in [-0.05, 0) is 18.9 Å². The first-order chi connectivity index (χ1) is 6.64. The molecule has 0 radical (unpaired) electrons. The first-order valence-corrected chi connectivity index (χ1v) is 4.87. The van der Waals surface area contributed by atoms with Gasteiger partial charge in [-0.25, -0.2) is 0 Å². The minimum atomic E-state index is -0.433. The standard InChI is InChI=1S/C12H14O2/c1-9-6-8-12(14-10(2)13)7-4-3-5-11(9)12/h3-5,7,11H,1,6,8H2,2H3/t11-,12-/m1/s1. The van der Waals surface area contributed by atoms with Crippen LogP contribution in [0.3, 0.4) is 0 Å². The Bertz CT molecular complexity index is 338. The van der Waals surface area contributed by atoms with E-state index < -0.39 is 5.60 Å². The van der Waals surface area contributed by atoms with Crippen molar-refractivity contribution < 1.29 is 9.53 Å². The summed E-state index contributed by atoms with van der Waals surface area (Å²) in [5.41, 5.74) is 0.726. The SMILES string of the molecule is C=C1CC[C@]2(OC(C)=O)C=CC=C[C@H]12. The van der Waals surface area contributed by atoms with Crippen LogP contribution in [-0.2, 0) is 9.53 Å². The first-order valence-electron chi connectivity index (χ1n) is 4.87. The molecule has 2 aliphatic rings. The Morgan fingerprint density at radius 2 is 2.43 bits per heavy atom. The van der Waals surface area contributed by atoms with Crippen LogP contribution >= 0.6 is 0 Å². The normalized spacial score (nSPS) is 34.4. The number of rotatable bonds is 1. The predicted molar refractivity (Wildman–Crippen MR) is 54.6 cm³/mol. The van der Waals surface area contributed by atoms with E-state index in [-0.39, 0.29) is 11.9 Å². The molecule has 0 N–H and O–H groups in total. The molecule has 74 valence electrons. The second-order valence-corrected chi connectivity index (χ2v) is 3.93. The molecule has 14 heavy (non-hydrogen) atoms. The molecule has 2 heteroatoms. The van der Waals surface area contributed by atoms with Gasteiger partial charge >= 0.3 is 5.97 Å². The minimum absolute atomic E-state index is 0.177. The van der Waals surface area contributed by atoms with Crippen LogP contribution in [0.2, 0.25) is 0 Å². The lowest BCUT2D eigenvalue weighted by atomic mass is 9.85. The van der Waals surface area contributed by atoms with Gasteiger partial charge in [0.25, 0.3) is 0 Å². The molecule has 2 nitrogen and oxygen atoms in total. The second-order valence-electron chi connectivity index (χ2n) is 3.93. The zero-order chi connectivity index (χ0) is 10.2. The molecule has 0 aromatic heterocycles. The highest BCUT2D eigenvalue weighted by Gasteiger charge is 2.45. The molecule has 1 saturated carbocycles. The number of carbonyl (C=O) groups is 1. The molecule has 0 spiro atoms. The largest absolute Gasteiger partial charge is 0.454 e. The molecule has 2 aliphatic carbocycles. The summed E-state index contributed by atoms with van der Waals surface area (Å²) in [6, 6.07) is 0. The number of ether oxygens (including phenoxy) is 1. The summed E-state index contributed by atoms with van der Waals surface area (Å²) in [6.45, 7) is 5.47. The van der Waals surface area contributed by atoms with Gasteiger partial charge in [0, 0.05) is 12.8 Å². The van der Waals surface area contributed by atoms with Crippen molar-refractivity contribution in [3.8, 4) is 0 Å². The second kappa shape index (κ2) is 3.12. The van der Waals surface area contributed by atoms with Crippen molar-refractivity contribution in [3.05, 3.63) is 36.5 Å². The molecule has 0 amide bonds. The average Bonchev–Trinajstić information content (AvgIpc) is 2.44. The monoisotopic (exact) mass is 190 g/mol. The lowest BCUT2D eigenvalue weighted by molar-refractivity contribution is -0.153. The Balaban J connectivity index is 2.31. The summed E-state index contributed by atoms with van der Waals surface area (Å²) >= 11 is 0. The van der Waals surface area contributed by atoms with Gasteiger partial charge in [0.15, 0.2) is 0 Å². The van der Waals surface area contributed by atoms with Gasteiger partial charge in [0.2, 0.25) is 0 Å².